The highest BCUT2D eigenvalue weighted by molar-refractivity contribution is 8.13. The molecule has 0 saturated heterocycles. The molecule has 28 heavy (non-hydrogen) atoms. The standard InChI is InChI=1S/C21H24FN2O3S/c1-3-27-16-7-5-15(6-8-16)23-14-21(25,24-11-4-12-28-20(23)24)18-10-9-17(26-2)13-19(18)22/h5-10,13,25H,3-4,11-12,14H2,1-2H3/q+1/t21-/m0/s1. The summed E-state index contributed by atoms with van der Waals surface area (Å²) in [5, 5.41) is 12.6. The summed E-state index contributed by atoms with van der Waals surface area (Å²) < 4.78 is 27.4. The maximum Gasteiger partial charge on any atom is 0.316 e. The van der Waals surface area contributed by atoms with Crippen LogP contribution < -0.4 is 14.4 Å². The van der Waals surface area contributed by atoms with E-state index >= 15 is 0 Å². The SMILES string of the molecule is CCOc1ccc(N2C[C@](O)(c3ccc(OC)cc3F)[N+]3=C2SCCC3)cc1. The van der Waals surface area contributed by atoms with Crippen LogP contribution in [-0.4, -0.2) is 47.4 Å². The second kappa shape index (κ2) is 7.64. The zero-order chi connectivity index (χ0) is 19.7. The maximum absolute atomic E-state index is 14.8. The van der Waals surface area contributed by atoms with E-state index in [4.69, 9.17) is 9.47 Å². The number of rotatable bonds is 5. The largest absolute Gasteiger partial charge is 0.497 e. The lowest BCUT2D eigenvalue weighted by atomic mass is 10.0. The number of halogens is 1. The van der Waals surface area contributed by atoms with E-state index in [0.717, 1.165) is 28.8 Å². The molecule has 0 spiro atoms. The average Bonchev–Trinajstić information content (AvgIpc) is 3.02. The van der Waals surface area contributed by atoms with Gasteiger partial charge < -0.3 is 14.6 Å². The summed E-state index contributed by atoms with van der Waals surface area (Å²) in [7, 11) is 1.50. The number of β-amino-alcohol motifs (C(OH)–C–C–N with tert-alkyl or cyclic N) is 1. The lowest BCUT2D eigenvalue weighted by Gasteiger charge is -2.24. The van der Waals surface area contributed by atoms with Gasteiger partial charge in [0.1, 0.15) is 23.0 Å². The minimum Gasteiger partial charge on any atom is -0.497 e. The van der Waals surface area contributed by atoms with Crippen molar-refractivity contribution in [3.05, 3.63) is 53.8 Å². The van der Waals surface area contributed by atoms with Crippen LogP contribution in [0, 0.1) is 5.82 Å². The quantitative estimate of drug-likeness (QED) is 0.776. The van der Waals surface area contributed by atoms with Crippen LogP contribution >= 0.6 is 11.8 Å². The lowest BCUT2D eigenvalue weighted by molar-refractivity contribution is -0.657. The highest BCUT2D eigenvalue weighted by Crippen LogP contribution is 2.39. The molecule has 0 fully saturated rings. The molecule has 0 amide bonds. The van der Waals surface area contributed by atoms with Crippen LogP contribution in [0.4, 0.5) is 10.1 Å². The number of amidine groups is 1. The van der Waals surface area contributed by atoms with Gasteiger partial charge in [-0.2, -0.15) is 0 Å². The second-order valence-corrected chi connectivity index (χ2v) is 7.87. The molecular formula is C21H24FN2O3S+. The van der Waals surface area contributed by atoms with E-state index in [2.05, 4.69) is 4.90 Å². The van der Waals surface area contributed by atoms with E-state index in [1.54, 1.807) is 23.9 Å². The van der Waals surface area contributed by atoms with Crippen molar-refractivity contribution in [2.45, 2.75) is 19.1 Å². The highest BCUT2D eigenvalue weighted by atomic mass is 32.2. The number of methoxy groups -OCH3 is 1. The Hall–Kier alpha value is -2.25. The summed E-state index contributed by atoms with van der Waals surface area (Å²) in [5.74, 6) is 1.74. The molecule has 0 aliphatic carbocycles. The molecule has 0 radical (unpaired) electrons. The van der Waals surface area contributed by atoms with Crippen molar-refractivity contribution in [3.8, 4) is 11.5 Å². The Labute approximate surface area is 168 Å². The predicted molar refractivity (Wildman–Crippen MR) is 109 cm³/mol. The Kier molecular flexibility index (Phi) is 5.21. The van der Waals surface area contributed by atoms with Gasteiger partial charge in [-0.25, -0.2) is 13.9 Å². The fourth-order valence-corrected chi connectivity index (χ4v) is 4.95. The fraction of sp³-hybridized carbons (Fsp3) is 0.381. The van der Waals surface area contributed by atoms with Crippen molar-refractivity contribution in [2.75, 3.05) is 37.5 Å². The van der Waals surface area contributed by atoms with Crippen LogP contribution in [0.1, 0.15) is 18.9 Å². The average molecular weight is 403 g/mol. The van der Waals surface area contributed by atoms with Crippen LogP contribution in [0.5, 0.6) is 11.5 Å². The minimum atomic E-state index is -1.43. The molecule has 4 rings (SSSR count). The zero-order valence-electron chi connectivity index (χ0n) is 16.0. The molecule has 0 bridgehead atoms. The van der Waals surface area contributed by atoms with Crippen LogP contribution in [0.3, 0.4) is 0 Å². The molecule has 2 aromatic rings. The molecule has 0 aromatic heterocycles. The maximum atomic E-state index is 14.8. The lowest BCUT2D eigenvalue weighted by Crippen LogP contribution is -2.42. The first-order valence-electron chi connectivity index (χ1n) is 9.41. The second-order valence-electron chi connectivity index (χ2n) is 6.81. The Morgan fingerprint density at radius 3 is 2.64 bits per heavy atom. The first-order chi connectivity index (χ1) is 13.6. The number of ether oxygens (including phenoxy) is 2. The van der Waals surface area contributed by atoms with Gasteiger partial charge in [0, 0.05) is 11.8 Å². The first-order valence-corrected chi connectivity index (χ1v) is 10.4. The molecular weight excluding hydrogens is 379 g/mol. The fourth-order valence-electron chi connectivity index (χ4n) is 3.77. The summed E-state index contributed by atoms with van der Waals surface area (Å²) >= 11 is 1.69. The number of aliphatic hydroxyl groups is 1. The van der Waals surface area contributed by atoms with Crippen LogP contribution in [0.15, 0.2) is 42.5 Å². The van der Waals surface area contributed by atoms with Crippen molar-refractivity contribution in [3.63, 3.8) is 0 Å². The molecule has 2 heterocycles. The molecule has 0 unspecified atom stereocenters. The van der Waals surface area contributed by atoms with Crippen LogP contribution in [0.25, 0.3) is 0 Å². The summed E-state index contributed by atoms with van der Waals surface area (Å²) in [5.41, 5.74) is -0.220. The Morgan fingerprint density at radius 1 is 1.21 bits per heavy atom. The first kappa shape index (κ1) is 19.1. The van der Waals surface area contributed by atoms with Crippen LogP contribution in [0.2, 0.25) is 0 Å². The molecule has 1 atom stereocenters. The zero-order valence-corrected chi connectivity index (χ0v) is 16.8. The Bertz CT molecular complexity index is 903. The molecule has 148 valence electrons. The Balaban J connectivity index is 1.73. The number of anilines is 1. The third-order valence-corrected chi connectivity index (χ3v) is 6.30. The van der Waals surface area contributed by atoms with Gasteiger partial charge in [0.15, 0.2) is 6.54 Å². The van der Waals surface area contributed by atoms with Gasteiger partial charge >= 0.3 is 5.17 Å². The van der Waals surface area contributed by atoms with Gasteiger partial charge in [0.2, 0.25) is 0 Å². The van der Waals surface area contributed by atoms with Gasteiger partial charge in [0.25, 0.3) is 5.72 Å². The van der Waals surface area contributed by atoms with Gasteiger partial charge in [-0.05, 0) is 61.5 Å². The van der Waals surface area contributed by atoms with E-state index in [1.165, 1.54) is 13.2 Å². The van der Waals surface area contributed by atoms with E-state index in [0.29, 0.717) is 18.9 Å². The summed E-state index contributed by atoms with van der Waals surface area (Å²) in [6.45, 7) is 3.50. The molecule has 2 aromatic carbocycles. The smallest absolute Gasteiger partial charge is 0.316 e. The van der Waals surface area contributed by atoms with Gasteiger partial charge in [-0.1, -0.05) is 0 Å². The van der Waals surface area contributed by atoms with E-state index in [1.807, 2.05) is 35.8 Å². The van der Waals surface area contributed by atoms with E-state index in [9.17, 15) is 9.50 Å². The van der Waals surface area contributed by atoms with Gasteiger partial charge in [-0.15, -0.1) is 0 Å². The number of nitrogens with zero attached hydrogens (tertiary/aromatic N) is 2. The van der Waals surface area contributed by atoms with Crippen molar-refractivity contribution in [1.29, 1.82) is 0 Å². The number of hydrogen-bond acceptors (Lipinski definition) is 5. The Morgan fingerprint density at radius 2 is 1.96 bits per heavy atom. The summed E-state index contributed by atoms with van der Waals surface area (Å²) in [4.78, 5) is 2.06. The normalized spacial score (nSPS) is 21.6. The van der Waals surface area contributed by atoms with Crippen molar-refractivity contribution in [2.24, 2.45) is 0 Å². The van der Waals surface area contributed by atoms with Crippen molar-refractivity contribution >= 4 is 22.6 Å². The third-order valence-electron chi connectivity index (χ3n) is 5.11. The van der Waals surface area contributed by atoms with E-state index in [-0.39, 0.29) is 12.1 Å². The van der Waals surface area contributed by atoms with Gasteiger partial charge in [0.05, 0.1) is 25.8 Å². The molecule has 2 aliphatic rings. The van der Waals surface area contributed by atoms with Crippen molar-refractivity contribution < 1.29 is 23.5 Å². The van der Waals surface area contributed by atoms with Crippen molar-refractivity contribution in [1.82, 2.24) is 0 Å². The molecule has 2 aliphatic heterocycles. The number of benzene rings is 2. The third kappa shape index (κ3) is 3.22. The van der Waals surface area contributed by atoms with E-state index < -0.39 is 11.5 Å². The summed E-state index contributed by atoms with van der Waals surface area (Å²) in [6.07, 6.45) is 0.936. The number of hydrogen-bond donors (Lipinski definition) is 1. The predicted octanol–water partition coefficient (Wildman–Crippen LogP) is 3.40. The topological polar surface area (TPSA) is 44.9 Å². The monoisotopic (exact) mass is 403 g/mol. The minimum absolute atomic E-state index is 0.257. The molecule has 0 saturated carbocycles. The highest BCUT2D eigenvalue weighted by Gasteiger charge is 2.54. The van der Waals surface area contributed by atoms with Crippen LogP contribution in [-0.2, 0) is 5.72 Å². The molecule has 1 N–H and O–H groups in total. The molecule has 7 heteroatoms. The molecule has 5 nitrogen and oxygen atoms in total. The van der Waals surface area contributed by atoms with Gasteiger partial charge in [-0.3, -0.25) is 0 Å². The number of thioether (sulfide) groups is 1. The summed E-state index contributed by atoms with van der Waals surface area (Å²) in [6, 6.07) is 12.4.